The highest BCUT2D eigenvalue weighted by molar-refractivity contribution is 5.85. The molecule has 3 nitrogen and oxygen atoms in total. The number of nitrogens with zero attached hydrogens (tertiary/aromatic N) is 1. The highest BCUT2D eigenvalue weighted by atomic mass is 16.4. The predicted molar refractivity (Wildman–Crippen MR) is 53.7 cm³/mol. The van der Waals surface area contributed by atoms with Gasteiger partial charge in [0.15, 0.2) is 0 Å². The summed E-state index contributed by atoms with van der Waals surface area (Å²) in [6.45, 7) is 8.47. The van der Waals surface area contributed by atoms with Gasteiger partial charge in [-0.15, -0.1) is 0 Å². The first-order valence-corrected chi connectivity index (χ1v) is 4.30. The monoisotopic (exact) mass is 185 g/mol. The van der Waals surface area contributed by atoms with Gasteiger partial charge in [0.2, 0.25) is 0 Å². The lowest BCUT2D eigenvalue weighted by molar-refractivity contribution is -0.133. The molecule has 0 saturated heterocycles. The van der Waals surface area contributed by atoms with Crippen molar-refractivity contribution in [3.63, 3.8) is 0 Å². The molecule has 0 aromatic carbocycles. The summed E-state index contributed by atoms with van der Waals surface area (Å²) in [4.78, 5) is 12.6. The van der Waals surface area contributed by atoms with Crippen LogP contribution in [0.1, 0.15) is 20.3 Å². The second-order valence-electron chi connectivity index (χ2n) is 4.49. The summed E-state index contributed by atoms with van der Waals surface area (Å²) in [7, 11) is 3.95. The van der Waals surface area contributed by atoms with Gasteiger partial charge in [0.05, 0.1) is 0 Å². The Balaban J connectivity index is 4.16. The number of rotatable bonds is 5. The summed E-state index contributed by atoms with van der Waals surface area (Å²) in [6, 6.07) is 0. The molecule has 0 spiro atoms. The van der Waals surface area contributed by atoms with E-state index in [1.807, 2.05) is 27.9 Å². The van der Waals surface area contributed by atoms with Crippen molar-refractivity contribution in [2.75, 3.05) is 20.6 Å². The zero-order valence-electron chi connectivity index (χ0n) is 8.92. The van der Waals surface area contributed by atoms with Crippen LogP contribution in [0.3, 0.4) is 0 Å². The maximum atomic E-state index is 10.5. The topological polar surface area (TPSA) is 40.5 Å². The Morgan fingerprint density at radius 1 is 1.46 bits per heavy atom. The van der Waals surface area contributed by atoms with Crippen molar-refractivity contribution in [3.05, 3.63) is 12.2 Å². The molecule has 0 atom stereocenters. The quantitative estimate of drug-likeness (QED) is 0.661. The Morgan fingerprint density at radius 2 is 1.92 bits per heavy atom. The molecule has 0 heterocycles. The maximum Gasteiger partial charge on any atom is 0.330 e. The minimum absolute atomic E-state index is 0.0288. The third kappa shape index (κ3) is 5.42. The molecule has 0 fully saturated rings. The zero-order valence-corrected chi connectivity index (χ0v) is 8.92. The molecule has 0 aliphatic carbocycles. The Hall–Kier alpha value is -0.830. The molecule has 0 aromatic heterocycles. The van der Waals surface area contributed by atoms with Gasteiger partial charge in [-0.3, -0.25) is 0 Å². The largest absolute Gasteiger partial charge is 0.478 e. The zero-order chi connectivity index (χ0) is 10.6. The highest BCUT2D eigenvalue weighted by Crippen LogP contribution is 2.24. The van der Waals surface area contributed by atoms with Crippen LogP contribution in [0, 0.1) is 5.41 Å². The van der Waals surface area contributed by atoms with Gasteiger partial charge in [0, 0.05) is 12.1 Å². The van der Waals surface area contributed by atoms with Crippen LogP contribution in [0.15, 0.2) is 12.2 Å². The van der Waals surface area contributed by atoms with Gasteiger partial charge >= 0.3 is 5.97 Å². The fraction of sp³-hybridized carbons (Fsp3) is 0.700. The van der Waals surface area contributed by atoms with Gasteiger partial charge in [-0.2, -0.15) is 0 Å². The number of carboxylic acids is 1. The van der Waals surface area contributed by atoms with Gasteiger partial charge in [0.1, 0.15) is 0 Å². The molecule has 0 aliphatic heterocycles. The van der Waals surface area contributed by atoms with E-state index in [4.69, 9.17) is 5.11 Å². The van der Waals surface area contributed by atoms with Crippen molar-refractivity contribution >= 4 is 5.97 Å². The molecule has 0 radical (unpaired) electrons. The lowest BCUT2D eigenvalue weighted by Gasteiger charge is -2.28. The van der Waals surface area contributed by atoms with E-state index in [0.717, 1.165) is 6.54 Å². The lowest BCUT2D eigenvalue weighted by Crippen LogP contribution is -2.29. The summed E-state index contributed by atoms with van der Waals surface area (Å²) in [5.74, 6) is -0.896. The summed E-state index contributed by atoms with van der Waals surface area (Å²) in [5.41, 5.74) is 0.255. The number of hydrogen-bond donors (Lipinski definition) is 1. The molecule has 1 N–H and O–H groups in total. The van der Waals surface area contributed by atoms with Crippen molar-refractivity contribution in [1.29, 1.82) is 0 Å². The second kappa shape index (κ2) is 4.42. The standard InChI is InChI=1S/C10H19NO2/c1-8(9(12)13)6-10(2,3)7-11(4)5/h1,6-7H2,2-5H3,(H,12,13). The average molecular weight is 185 g/mol. The summed E-state index contributed by atoms with van der Waals surface area (Å²) >= 11 is 0. The van der Waals surface area contributed by atoms with Gasteiger partial charge in [-0.05, 0) is 25.9 Å². The Bertz CT molecular complexity index is 207. The third-order valence-electron chi connectivity index (χ3n) is 1.74. The molecule has 76 valence electrons. The molecule has 0 aliphatic rings. The number of carboxylic acid groups (broad SMARTS) is 1. The van der Waals surface area contributed by atoms with Crippen LogP contribution in [0.5, 0.6) is 0 Å². The van der Waals surface area contributed by atoms with E-state index in [1.54, 1.807) is 0 Å². The lowest BCUT2D eigenvalue weighted by atomic mass is 9.85. The van der Waals surface area contributed by atoms with Crippen LogP contribution in [0.2, 0.25) is 0 Å². The van der Waals surface area contributed by atoms with E-state index in [0.29, 0.717) is 6.42 Å². The van der Waals surface area contributed by atoms with E-state index < -0.39 is 5.97 Å². The molecule has 0 aromatic rings. The van der Waals surface area contributed by atoms with E-state index >= 15 is 0 Å². The van der Waals surface area contributed by atoms with Gasteiger partial charge in [0.25, 0.3) is 0 Å². The Morgan fingerprint density at radius 3 is 2.23 bits per heavy atom. The van der Waals surface area contributed by atoms with E-state index in [1.165, 1.54) is 0 Å². The molecule has 0 amide bonds. The van der Waals surface area contributed by atoms with Crippen LogP contribution < -0.4 is 0 Å². The maximum absolute atomic E-state index is 10.5. The summed E-state index contributed by atoms with van der Waals surface area (Å²) < 4.78 is 0. The van der Waals surface area contributed by atoms with Crippen molar-refractivity contribution < 1.29 is 9.90 Å². The predicted octanol–water partition coefficient (Wildman–Crippen LogP) is 1.61. The SMILES string of the molecule is C=C(CC(C)(C)CN(C)C)C(=O)O. The van der Waals surface area contributed by atoms with Crippen molar-refractivity contribution in [3.8, 4) is 0 Å². The van der Waals surface area contributed by atoms with Gasteiger partial charge < -0.3 is 10.0 Å². The number of aliphatic carboxylic acids is 1. The highest BCUT2D eigenvalue weighted by Gasteiger charge is 2.22. The minimum atomic E-state index is -0.896. The first kappa shape index (κ1) is 12.2. The van der Waals surface area contributed by atoms with Gasteiger partial charge in [-0.1, -0.05) is 20.4 Å². The third-order valence-corrected chi connectivity index (χ3v) is 1.74. The van der Waals surface area contributed by atoms with Crippen LogP contribution in [-0.4, -0.2) is 36.6 Å². The molecular weight excluding hydrogens is 166 g/mol. The number of hydrogen-bond acceptors (Lipinski definition) is 2. The Kier molecular flexibility index (Phi) is 4.14. The average Bonchev–Trinajstić information content (AvgIpc) is 1.81. The normalized spacial score (nSPS) is 11.8. The minimum Gasteiger partial charge on any atom is -0.478 e. The molecule has 0 bridgehead atoms. The van der Waals surface area contributed by atoms with Gasteiger partial charge in [-0.25, -0.2) is 4.79 Å². The van der Waals surface area contributed by atoms with Crippen LogP contribution in [0.25, 0.3) is 0 Å². The molecular formula is C10H19NO2. The molecule has 0 unspecified atom stereocenters. The smallest absolute Gasteiger partial charge is 0.330 e. The van der Waals surface area contributed by atoms with Crippen LogP contribution in [0.4, 0.5) is 0 Å². The summed E-state index contributed by atoms with van der Waals surface area (Å²) in [5, 5.41) is 8.67. The first-order valence-electron chi connectivity index (χ1n) is 4.30. The van der Waals surface area contributed by atoms with E-state index in [9.17, 15) is 4.79 Å². The molecule has 0 saturated carbocycles. The molecule has 13 heavy (non-hydrogen) atoms. The van der Waals surface area contributed by atoms with Crippen LogP contribution in [-0.2, 0) is 4.79 Å². The molecule has 0 rings (SSSR count). The van der Waals surface area contributed by atoms with E-state index in [-0.39, 0.29) is 11.0 Å². The van der Waals surface area contributed by atoms with Crippen molar-refractivity contribution in [1.82, 2.24) is 4.90 Å². The first-order chi connectivity index (χ1) is 5.74. The molecule has 3 heteroatoms. The van der Waals surface area contributed by atoms with Crippen molar-refractivity contribution in [2.24, 2.45) is 5.41 Å². The fourth-order valence-corrected chi connectivity index (χ4v) is 1.57. The second-order valence-corrected chi connectivity index (χ2v) is 4.49. The van der Waals surface area contributed by atoms with E-state index in [2.05, 4.69) is 11.5 Å². The van der Waals surface area contributed by atoms with Crippen LogP contribution >= 0.6 is 0 Å². The Labute approximate surface area is 80.0 Å². The fourth-order valence-electron chi connectivity index (χ4n) is 1.57. The number of carbonyl (C=O) groups is 1. The van der Waals surface area contributed by atoms with Crippen molar-refractivity contribution in [2.45, 2.75) is 20.3 Å². The summed E-state index contributed by atoms with van der Waals surface area (Å²) in [6.07, 6.45) is 0.528.